The van der Waals surface area contributed by atoms with Crippen LogP contribution in [0.5, 0.6) is 0 Å². The van der Waals surface area contributed by atoms with Crippen molar-refractivity contribution in [3.8, 4) is 0 Å². The van der Waals surface area contributed by atoms with Gasteiger partial charge in [-0.2, -0.15) is 0 Å². The Balaban J connectivity index is 2.16. The summed E-state index contributed by atoms with van der Waals surface area (Å²) in [6.07, 6.45) is 10.4. The second-order valence-corrected chi connectivity index (χ2v) is 3.74. The molecule has 0 aromatic heterocycles. The largest absolute Gasteiger partial charge is 0.377 e. The maximum absolute atomic E-state index is 5.29. The van der Waals surface area contributed by atoms with Crippen molar-refractivity contribution in [3.05, 3.63) is 34.9 Å². The molecule has 0 spiro atoms. The van der Waals surface area contributed by atoms with Gasteiger partial charge in [-0.3, -0.25) is 0 Å². The van der Waals surface area contributed by atoms with E-state index in [2.05, 4.69) is 25.2 Å². The average Bonchev–Trinajstić information content (AvgIpc) is 2.19. The second-order valence-electron chi connectivity index (χ2n) is 3.74. The molecule has 2 aliphatic rings. The van der Waals surface area contributed by atoms with Crippen molar-refractivity contribution in [2.24, 2.45) is 0 Å². The van der Waals surface area contributed by atoms with Crippen molar-refractivity contribution in [2.45, 2.75) is 26.2 Å². The SMILES string of the molecule is CC1=CC(C2=CCOCC2)=CCC1. The number of rotatable bonds is 1. The van der Waals surface area contributed by atoms with Gasteiger partial charge in [-0.25, -0.2) is 0 Å². The van der Waals surface area contributed by atoms with E-state index in [0.29, 0.717) is 0 Å². The Morgan fingerprint density at radius 2 is 2.15 bits per heavy atom. The first-order chi connectivity index (χ1) is 6.36. The second kappa shape index (κ2) is 3.93. The predicted octanol–water partition coefficient (Wildman–Crippen LogP) is 3.00. The molecular weight excluding hydrogens is 160 g/mol. The van der Waals surface area contributed by atoms with E-state index in [9.17, 15) is 0 Å². The molecule has 0 amide bonds. The maximum atomic E-state index is 5.29. The van der Waals surface area contributed by atoms with Gasteiger partial charge in [-0.1, -0.05) is 23.8 Å². The van der Waals surface area contributed by atoms with Gasteiger partial charge in [0.15, 0.2) is 0 Å². The van der Waals surface area contributed by atoms with Crippen molar-refractivity contribution >= 4 is 0 Å². The Hall–Kier alpha value is -0.820. The molecule has 0 atom stereocenters. The van der Waals surface area contributed by atoms with Gasteiger partial charge in [0.05, 0.1) is 13.2 Å². The highest BCUT2D eigenvalue weighted by molar-refractivity contribution is 5.43. The molecule has 0 saturated carbocycles. The predicted molar refractivity (Wildman–Crippen MR) is 54.6 cm³/mol. The van der Waals surface area contributed by atoms with Gasteiger partial charge in [-0.15, -0.1) is 0 Å². The topological polar surface area (TPSA) is 9.23 Å². The summed E-state index contributed by atoms with van der Waals surface area (Å²) in [6, 6.07) is 0. The molecule has 0 saturated heterocycles. The fraction of sp³-hybridized carbons (Fsp3) is 0.500. The van der Waals surface area contributed by atoms with E-state index in [1.165, 1.54) is 29.6 Å². The minimum atomic E-state index is 0.791. The third-order valence-corrected chi connectivity index (χ3v) is 2.64. The van der Waals surface area contributed by atoms with Crippen LogP contribution < -0.4 is 0 Å². The van der Waals surface area contributed by atoms with Gasteiger partial charge in [0, 0.05) is 0 Å². The molecule has 0 aromatic rings. The van der Waals surface area contributed by atoms with E-state index < -0.39 is 0 Å². The average molecular weight is 176 g/mol. The van der Waals surface area contributed by atoms with Crippen LogP contribution >= 0.6 is 0 Å². The van der Waals surface area contributed by atoms with E-state index in [0.717, 1.165) is 19.6 Å². The molecule has 0 aromatic carbocycles. The summed E-state index contributed by atoms with van der Waals surface area (Å²) in [4.78, 5) is 0. The lowest BCUT2D eigenvalue weighted by Gasteiger charge is -2.17. The van der Waals surface area contributed by atoms with E-state index >= 15 is 0 Å². The van der Waals surface area contributed by atoms with Crippen molar-refractivity contribution in [2.75, 3.05) is 13.2 Å². The van der Waals surface area contributed by atoms with Gasteiger partial charge in [0.1, 0.15) is 0 Å². The fourth-order valence-corrected chi connectivity index (χ4v) is 1.86. The number of hydrogen-bond donors (Lipinski definition) is 0. The molecule has 1 aliphatic heterocycles. The maximum Gasteiger partial charge on any atom is 0.0653 e. The normalized spacial score (nSPS) is 23.3. The van der Waals surface area contributed by atoms with Crippen LogP contribution in [0.4, 0.5) is 0 Å². The molecule has 0 bridgehead atoms. The van der Waals surface area contributed by atoms with Gasteiger partial charge < -0.3 is 4.74 Å². The highest BCUT2D eigenvalue weighted by Crippen LogP contribution is 2.25. The van der Waals surface area contributed by atoms with Crippen molar-refractivity contribution in [1.29, 1.82) is 0 Å². The molecule has 2 rings (SSSR count). The first-order valence-corrected chi connectivity index (χ1v) is 5.01. The summed E-state index contributed by atoms with van der Waals surface area (Å²) in [5.41, 5.74) is 4.42. The molecule has 1 heteroatoms. The van der Waals surface area contributed by atoms with Gasteiger partial charge in [0.2, 0.25) is 0 Å². The minimum absolute atomic E-state index is 0.791. The number of allylic oxidation sites excluding steroid dienone is 4. The van der Waals surface area contributed by atoms with Gasteiger partial charge in [0.25, 0.3) is 0 Å². The molecule has 0 N–H and O–H groups in total. The summed E-state index contributed by atoms with van der Waals surface area (Å²) >= 11 is 0. The summed E-state index contributed by atoms with van der Waals surface area (Å²) in [7, 11) is 0. The number of ether oxygens (including phenoxy) is 1. The lowest BCUT2D eigenvalue weighted by atomic mass is 9.93. The van der Waals surface area contributed by atoms with Crippen molar-refractivity contribution in [1.82, 2.24) is 0 Å². The summed E-state index contributed by atoms with van der Waals surface area (Å²) in [5.74, 6) is 0. The van der Waals surface area contributed by atoms with Crippen LogP contribution in [0.1, 0.15) is 26.2 Å². The Labute approximate surface area is 79.8 Å². The molecule has 0 radical (unpaired) electrons. The summed E-state index contributed by atoms with van der Waals surface area (Å²) in [6.45, 7) is 3.89. The Morgan fingerprint density at radius 3 is 2.85 bits per heavy atom. The lowest BCUT2D eigenvalue weighted by molar-refractivity contribution is 0.155. The van der Waals surface area contributed by atoms with E-state index in [1.54, 1.807) is 0 Å². The quantitative estimate of drug-likeness (QED) is 0.596. The van der Waals surface area contributed by atoms with Gasteiger partial charge >= 0.3 is 0 Å². The smallest absolute Gasteiger partial charge is 0.0653 e. The molecule has 70 valence electrons. The van der Waals surface area contributed by atoms with E-state index in [4.69, 9.17) is 4.74 Å². The van der Waals surface area contributed by atoms with Crippen LogP contribution in [0.2, 0.25) is 0 Å². The monoisotopic (exact) mass is 176 g/mol. The zero-order valence-electron chi connectivity index (χ0n) is 8.18. The van der Waals surface area contributed by atoms with Crippen LogP contribution in [-0.2, 0) is 4.74 Å². The van der Waals surface area contributed by atoms with Crippen LogP contribution in [0, 0.1) is 0 Å². The molecule has 1 aliphatic carbocycles. The summed E-state index contributed by atoms with van der Waals surface area (Å²) < 4.78 is 5.29. The van der Waals surface area contributed by atoms with Crippen LogP contribution in [-0.4, -0.2) is 13.2 Å². The zero-order chi connectivity index (χ0) is 9.10. The Bertz CT molecular complexity index is 281. The molecular formula is C12H16O. The molecule has 0 fully saturated rings. The van der Waals surface area contributed by atoms with Crippen molar-refractivity contribution in [3.63, 3.8) is 0 Å². The van der Waals surface area contributed by atoms with E-state index in [-0.39, 0.29) is 0 Å². The van der Waals surface area contributed by atoms with Gasteiger partial charge in [-0.05, 0) is 37.3 Å². The lowest BCUT2D eigenvalue weighted by Crippen LogP contribution is -2.06. The van der Waals surface area contributed by atoms with Crippen molar-refractivity contribution < 1.29 is 4.74 Å². The van der Waals surface area contributed by atoms with Crippen LogP contribution in [0.25, 0.3) is 0 Å². The fourth-order valence-electron chi connectivity index (χ4n) is 1.86. The first-order valence-electron chi connectivity index (χ1n) is 5.01. The molecule has 1 nitrogen and oxygen atoms in total. The molecule has 1 heterocycles. The van der Waals surface area contributed by atoms with E-state index in [1.807, 2.05) is 0 Å². The Morgan fingerprint density at radius 1 is 1.23 bits per heavy atom. The summed E-state index contributed by atoms with van der Waals surface area (Å²) in [5, 5.41) is 0. The first kappa shape index (κ1) is 8.76. The molecule has 13 heavy (non-hydrogen) atoms. The third-order valence-electron chi connectivity index (χ3n) is 2.64. The highest BCUT2D eigenvalue weighted by atomic mass is 16.5. The van der Waals surface area contributed by atoms with Crippen LogP contribution in [0.15, 0.2) is 34.9 Å². The van der Waals surface area contributed by atoms with Crippen LogP contribution in [0.3, 0.4) is 0 Å². The molecule has 0 unspecified atom stereocenters. The number of hydrogen-bond acceptors (Lipinski definition) is 1. The standard InChI is InChI=1S/C12H16O/c1-10-3-2-4-12(9-10)11-5-7-13-8-6-11/h4-5,9H,2-3,6-8H2,1H3. The Kier molecular flexibility index (Phi) is 2.65. The third kappa shape index (κ3) is 2.10. The zero-order valence-corrected chi connectivity index (χ0v) is 8.18. The highest BCUT2D eigenvalue weighted by Gasteiger charge is 2.09. The minimum Gasteiger partial charge on any atom is -0.377 e.